The van der Waals surface area contributed by atoms with Gasteiger partial charge >= 0.3 is 0 Å². The minimum Gasteiger partial charge on any atom is -0.495 e. The van der Waals surface area contributed by atoms with Crippen LogP contribution in [0.4, 0.5) is 11.5 Å². The maximum atomic E-state index is 6.09. The van der Waals surface area contributed by atoms with Gasteiger partial charge in [-0.15, -0.1) is 0 Å². The smallest absolute Gasteiger partial charge is 0.224 e. The summed E-state index contributed by atoms with van der Waals surface area (Å²) in [7, 11) is 3.03. The lowest BCUT2D eigenvalue weighted by molar-refractivity contribution is 0.395. The van der Waals surface area contributed by atoms with E-state index in [1.54, 1.807) is 12.1 Å². The Morgan fingerprint density at radius 3 is 2.20 bits per heavy atom. The lowest BCUT2D eigenvalue weighted by atomic mass is 10.2. The Balaban J connectivity index is 2.40. The molecule has 106 valence electrons. The van der Waals surface area contributed by atoms with Crippen molar-refractivity contribution in [3.8, 4) is 11.5 Å². The van der Waals surface area contributed by atoms with Crippen molar-refractivity contribution in [2.75, 3.05) is 19.5 Å². The zero-order chi connectivity index (χ0) is 14.7. The van der Waals surface area contributed by atoms with Gasteiger partial charge in [0, 0.05) is 17.8 Å². The molecule has 0 atom stereocenters. The molecule has 0 radical (unpaired) electrons. The molecule has 0 saturated heterocycles. The van der Waals surface area contributed by atoms with Crippen LogP contribution in [0.3, 0.4) is 0 Å². The van der Waals surface area contributed by atoms with Gasteiger partial charge in [-0.2, -0.15) is 4.98 Å². The van der Waals surface area contributed by atoms with E-state index in [9.17, 15) is 0 Å². The van der Waals surface area contributed by atoms with E-state index in [-0.39, 0.29) is 5.28 Å². The number of benzene rings is 1. The molecule has 1 N–H and O–H groups in total. The van der Waals surface area contributed by atoms with Crippen molar-refractivity contribution < 1.29 is 9.47 Å². The van der Waals surface area contributed by atoms with Gasteiger partial charge in [-0.3, -0.25) is 0 Å². The van der Waals surface area contributed by atoms with E-state index in [4.69, 9.17) is 44.3 Å². The van der Waals surface area contributed by atoms with Gasteiger partial charge in [0.2, 0.25) is 5.28 Å². The third-order valence-electron chi connectivity index (χ3n) is 2.42. The summed E-state index contributed by atoms with van der Waals surface area (Å²) in [5.41, 5.74) is 0.639. The molecule has 0 saturated carbocycles. The topological polar surface area (TPSA) is 56.3 Å². The average Bonchev–Trinajstić information content (AvgIpc) is 2.44. The maximum Gasteiger partial charge on any atom is 0.224 e. The molecule has 0 unspecified atom stereocenters. The normalized spacial score (nSPS) is 10.2. The predicted octanol–water partition coefficient (Wildman–Crippen LogP) is 4.20. The lowest BCUT2D eigenvalue weighted by Gasteiger charge is -2.13. The van der Waals surface area contributed by atoms with Crippen LogP contribution >= 0.6 is 34.8 Å². The number of hydrogen-bond donors (Lipinski definition) is 1. The Kier molecular flexibility index (Phi) is 4.75. The SMILES string of the molecule is COc1cc(Nc2nc(Cl)ncc2Cl)cc(OC)c1Cl. The standard InChI is InChI=1S/C12H10Cl3N3O2/c1-19-8-3-6(4-9(20-2)10(8)14)17-11-7(13)5-16-12(15)18-11/h3-5H,1-2H3,(H,16,17,18). The second-order valence-corrected chi connectivity index (χ2v) is 4.78. The van der Waals surface area contributed by atoms with Gasteiger partial charge in [-0.05, 0) is 11.6 Å². The highest BCUT2D eigenvalue weighted by Crippen LogP contribution is 2.38. The molecule has 0 bridgehead atoms. The van der Waals surface area contributed by atoms with Gasteiger partial charge in [0.1, 0.15) is 21.5 Å². The van der Waals surface area contributed by atoms with Crippen LogP contribution in [0.25, 0.3) is 0 Å². The van der Waals surface area contributed by atoms with E-state index in [0.717, 1.165) is 0 Å². The van der Waals surface area contributed by atoms with E-state index in [2.05, 4.69) is 15.3 Å². The number of hydrogen-bond acceptors (Lipinski definition) is 5. The Morgan fingerprint density at radius 2 is 1.65 bits per heavy atom. The molecule has 8 heteroatoms. The number of nitrogens with one attached hydrogen (secondary N) is 1. The summed E-state index contributed by atoms with van der Waals surface area (Å²) in [5, 5.41) is 3.81. The first-order chi connectivity index (χ1) is 9.55. The number of aromatic nitrogens is 2. The third-order valence-corrected chi connectivity index (χ3v) is 3.25. The molecule has 0 aliphatic carbocycles. The van der Waals surface area contributed by atoms with Crippen molar-refractivity contribution >= 4 is 46.3 Å². The third kappa shape index (κ3) is 3.17. The van der Waals surface area contributed by atoms with E-state index >= 15 is 0 Å². The van der Waals surface area contributed by atoms with Crippen LogP contribution in [0.15, 0.2) is 18.3 Å². The summed E-state index contributed by atoms with van der Waals surface area (Å²) < 4.78 is 10.4. The van der Waals surface area contributed by atoms with Crippen LogP contribution in [0, 0.1) is 0 Å². The van der Waals surface area contributed by atoms with E-state index < -0.39 is 0 Å². The van der Waals surface area contributed by atoms with Crippen LogP contribution in [0.5, 0.6) is 11.5 Å². The molecule has 0 aliphatic rings. The van der Waals surface area contributed by atoms with Crippen molar-refractivity contribution in [3.63, 3.8) is 0 Å². The minimum atomic E-state index is 0.0878. The predicted molar refractivity (Wildman–Crippen MR) is 79.9 cm³/mol. The summed E-state index contributed by atoms with van der Waals surface area (Å²) in [6.45, 7) is 0. The zero-order valence-electron chi connectivity index (χ0n) is 10.6. The fourth-order valence-electron chi connectivity index (χ4n) is 1.51. The number of halogens is 3. The molecule has 0 spiro atoms. The number of methoxy groups -OCH3 is 2. The van der Waals surface area contributed by atoms with Gasteiger partial charge < -0.3 is 14.8 Å². The highest BCUT2D eigenvalue weighted by molar-refractivity contribution is 6.34. The van der Waals surface area contributed by atoms with E-state index in [1.807, 2.05) is 0 Å². The highest BCUT2D eigenvalue weighted by atomic mass is 35.5. The first-order valence-corrected chi connectivity index (χ1v) is 6.55. The van der Waals surface area contributed by atoms with Crippen molar-refractivity contribution in [1.29, 1.82) is 0 Å². The first-order valence-electron chi connectivity index (χ1n) is 5.41. The molecule has 0 aliphatic heterocycles. The highest BCUT2D eigenvalue weighted by Gasteiger charge is 2.12. The summed E-state index contributed by atoms with van der Waals surface area (Å²) >= 11 is 17.8. The molecular weight excluding hydrogens is 325 g/mol. The Hall–Kier alpha value is -1.43. The van der Waals surface area contributed by atoms with Crippen LogP contribution in [0.1, 0.15) is 0 Å². The fourth-order valence-corrected chi connectivity index (χ4v) is 2.05. The van der Waals surface area contributed by atoms with Crippen molar-refractivity contribution in [2.45, 2.75) is 0 Å². The van der Waals surface area contributed by atoms with Crippen molar-refractivity contribution in [3.05, 3.63) is 33.7 Å². The van der Waals surface area contributed by atoms with Gasteiger partial charge in [0.25, 0.3) is 0 Å². The molecule has 1 aromatic carbocycles. The van der Waals surface area contributed by atoms with E-state index in [1.165, 1.54) is 20.4 Å². The largest absolute Gasteiger partial charge is 0.495 e. The fraction of sp³-hybridized carbons (Fsp3) is 0.167. The molecule has 5 nitrogen and oxygen atoms in total. The van der Waals surface area contributed by atoms with Crippen molar-refractivity contribution in [1.82, 2.24) is 9.97 Å². The lowest BCUT2D eigenvalue weighted by Crippen LogP contribution is -1.98. The Morgan fingerprint density at radius 1 is 1.05 bits per heavy atom. The van der Waals surface area contributed by atoms with E-state index in [0.29, 0.717) is 33.0 Å². The number of anilines is 2. The van der Waals surface area contributed by atoms with Gasteiger partial charge in [0.15, 0.2) is 5.82 Å². The first kappa shape index (κ1) is 15.0. The zero-order valence-corrected chi connectivity index (χ0v) is 12.8. The number of rotatable bonds is 4. The van der Waals surface area contributed by atoms with Crippen LogP contribution in [-0.4, -0.2) is 24.2 Å². The van der Waals surface area contributed by atoms with Crippen molar-refractivity contribution in [2.24, 2.45) is 0 Å². The molecule has 2 aromatic rings. The number of ether oxygens (including phenoxy) is 2. The quantitative estimate of drug-likeness (QED) is 0.849. The Labute approximate surface area is 130 Å². The Bertz CT molecular complexity index is 612. The second kappa shape index (κ2) is 6.35. The minimum absolute atomic E-state index is 0.0878. The molecule has 2 rings (SSSR count). The van der Waals surface area contributed by atoms with Crippen LogP contribution < -0.4 is 14.8 Å². The molecular formula is C12H10Cl3N3O2. The molecule has 1 heterocycles. The van der Waals surface area contributed by atoms with Gasteiger partial charge in [0.05, 0.1) is 20.4 Å². The van der Waals surface area contributed by atoms with Crippen LogP contribution in [0.2, 0.25) is 15.3 Å². The van der Waals surface area contributed by atoms with Gasteiger partial charge in [-0.1, -0.05) is 23.2 Å². The summed E-state index contributed by atoms with van der Waals surface area (Å²) in [4.78, 5) is 7.77. The molecule has 0 amide bonds. The maximum absolute atomic E-state index is 6.09. The second-order valence-electron chi connectivity index (χ2n) is 3.66. The van der Waals surface area contributed by atoms with Gasteiger partial charge in [-0.25, -0.2) is 4.98 Å². The molecule has 0 fully saturated rings. The molecule has 20 heavy (non-hydrogen) atoms. The van der Waals surface area contributed by atoms with Crippen LogP contribution in [-0.2, 0) is 0 Å². The average molecular weight is 335 g/mol. The number of nitrogens with zero attached hydrogens (tertiary/aromatic N) is 2. The molecule has 1 aromatic heterocycles. The summed E-state index contributed by atoms with van der Waals surface area (Å²) in [6, 6.07) is 3.38. The monoisotopic (exact) mass is 333 g/mol. The summed E-state index contributed by atoms with van der Waals surface area (Å²) in [5.74, 6) is 1.30. The summed E-state index contributed by atoms with van der Waals surface area (Å²) in [6.07, 6.45) is 1.41.